The quantitative estimate of drug-likeness (QED) is 0.898. The number of anilines is 1. The predicted molar refractivity (Wildman–Crippen MR) is 76.3 cm³/mol. The number of hydrogen-bond acceptors (Lipinski definition) is 4. The molecule has 0 radical (unpaired) electrons. The fourth-order valence-corrected chi connectivity index (χ4v) is 3.27. The van der Waals surface area contributed by atoms with E-state index in [1.165, 1.54) is 29.0 Å². The summed E-state index contributed by atoms with van der Waals surface area (Å²) in [5, 5.41) is 3.23. The second-order valence-corrected chi connectivity index (χ2v) is 5.98. The van der Waals surface area contributed by atoms with Crippen molar-refractivity contribution in [3.8, 4) is 10.7 Å². The van der Waals surface area contributed by atoms with Crippen molar-refractivity contribution in [1.82, 2.24) is 9.97 Å². The normalized spacial score (nSPS) is 14.3. The summed E-state index contributed by atoms with van der Waals surface area (Å²) in [6.07, 6.45) is 4.69. The summed E-state index contributed by atoms with van der Waals surface area (Å²) in [4.78, 5) is 11.9. The van der Waals surface area contributed by atoms with E-state index >= 15 is 0 Å². The van der Waals surface area contributed by atoms with Gasteiger partial charge >= 0.3 is 0 Å². The zero-order chi connectivity index (χ0) is 12.5. The summed E-state index contributed by atoms with van der Waals surface area (Å²) in [5.41, 5.74) is 2.56. The Morgan fingerprint density at radius 3 is 2.72 bits per heavy atom. The van der Waals surface area contributed by atoms with Crippen LogP contribution in [-0.4, -0.2) is 17.0 Å². The number of aromatic nitrogens is 2. The molecule has 3 nitrogen and oxygen atoms in total. The third-order valence-corrected chi connectivity index (χ3v) is 4.38. The standard InChI is InChI=1S/C14H17N3S/c1-9-7-8-12(18-9)14-16-11-6-4-3-5-10(11)13(15-2)17-14/h7-8H,3-6H2,1-2H3,(H,15,16,17). The van der Waals surface area contributed by atoms with Gasteiger partial charge in [0.05, 0.1) is 4.88 Å². The minimum atomic E-state index is 0.873. The van der Waals surface area contributed by atoms with E-state index in [4.69, 9.17) is 4.98 Å². The molecule has 94 valence electrons. The molecule has 1 N–H and O–H groups in total. The summed E-state index contributed by atoms with van der Waals surface area (Å²) in [6, 6.07) is 4.24. The second kappa shape index (κ2) is 4.69. The average molecular weight is 259 g/mol. The summed E-state index contributed by atoms with van der Waals surface area (Å²) in [5.74, 6) is 1.89. The molecule has 0 unspecified atom stereocenters. The molecule has 0 atom stereocenters. The number of nitrogens with one attached hydrogen (secondary N) is 1. The number of nitrogens with zero attached hydrogens (tertiary/aromatic N) is 2. The number of aryl methyl sites for hydroxylation is 2. The number of thiophene rings is 1. The van der Waals surface area contributed by atoms with Gasteiger partial charge in [-0.1, -0.05) is 0 Å². The van der Waals surface area contributed by atoms with E-state index in [9.17, 15) is 0 Å². The van der Waals surface area contributed by atoms with Gasteiger partial charge in [0.2, 0.25) is 0 Å². The maximum absolute atomic E-state index is 4.76. The van der Waals surface area contributed by atoms with Crippen molar-refractivity contribution in [3.63, 3.8) is 0 Å². The molecule has 0 aliphatic heterocycles. The Labute approximate surface area is 111 Å². The maximum atomic E-state index is 4.76. The smallest absolute Gasteiger partial charge is 0.171 e. The van der Waals surface area contributed by atoms with Crippen molar-refractivity contribution in [3.05, 3.63) is 28.3 Å². The van der Waals surface area contributed by atoms with Crippen LogP contribution in [0.2, 0.25) is 0 Å². The predicted octanol–water partition coefficient (Wildman–Crippen LogP) is 3.43. The fourth-order valence-electron chi connectivity index (χ4n) is 2.47. The Kier molecular flexibility index (Phi) is 3.04. The molecular formula is C14H17N3S. The van der Waals surface area contributed by atoms with Gasteiger partial charge in [-0.25, -0.2) is 9.97 Å². The number of hydrogen-bond donors (Lipinski definition) is 1. The monoisotopic (exact) mass is 259 g/mol. The Bertz CT molecular complexity index is 557. The van der Waals surface area contributed by atoms with E-state index in [-0.39, 0.29) is 0 Å². The molecule has 0 aromatic carbocycles. The van der Waals surface area contributed by atoms with Gasteiger partial charge in [-0.05, 0) is 44.7 Å². The van der Waals surface area contributed by atoms with Crippen molar-refractivity contribution in [1.29, 1.82) is 0 Å². The Balaban J connectivity index is 2.11. The molecule has 0 saturated carbocycles. The molecule has 0 fully saturated rings. The highest BCUT2D eigenvalue weighted by Gasteiger charge is 2.18. The molecule has 18 heavy (non-hydrogen) atoms. The summed E-state index contributed by atoms with van der Waals surface area (Å²) in [6.45, 7) is 2.12. The highest BCUT2D eigenvalue weighted by Crippen LogP contribution is 2.30. The summed E-state index contributed by atoms with van der Waals surface area (Å²) in [7, 11) is 1.95. The lowest BCUT2D eigenvalue weighted by Gasteiger charge is -2.18. The van der Waals surface area contributed by atoms with Crippen molar-refractivity contribution >= 4 is 17.2 Å². The highest BCUT2D eigenvalue weighted by atomic mass is 32.1. The summed E-state index contributed by atoms with van der Waals surface area (Å²) < 4.78 is 0. The molecule has 4 heteroatoms. The van der Waals surface area contributed by atoms with Crippen LogP contribution >= 0.6 is 11.3 Å². The van der Waals surface area contributed by atoms with Crippen LogP contribution < -0.4 is 5.32 Å². The van der Waals surface area contributed by atoms with Crippen LogP contribution in [0.15, 0.2) is 12.1 Å². The van der Waals surface area contributed by atoms with Crippen LogP contribution in [0.5, 0.6) is 0 Å². The van der Waals surface area contributed by atoms with Gasteiger partial charge in [-0.3, -0.25) is 0 Å². The lowest BCUT2D eigenvalue weighted by Crippen LogP contribution is -2.11. The molecule has 0 amide bonds. The molecule has 0 spiro atoms. The van der Waals surface area contributed by atoms with Gasteiger partial charge < -0.3 is 5.32 Å². The zero-order valence-electron chi connectivity index (χ0n) is 10.8. The molecule has 2 aromatic heterocycles. The largest absolute Gasteiger partial charge is 0.373 e. The van der Waals surface area contributed by atoms with Gasteiger partial charge in [-0.2, -0.15) is 0 Å². The molecule has 3 rings (SSSR count). The Hall–Kier alpha value is -1.42. The van der Waals surface area contributed by atoms with Crippen LogP contribution in [0.4, 0.5) is 5.82 Å². The molecular weight excluding hydrogens is 242 g/mol. The average Bonchev–Trinajstić information content (AvgIpc) is 2.84. The molecule has 1 aliphatic carbocycles. The van der Waals surface area contributed by atoms with Gasteiger partial charge in [0, 0.05) is 23.2 Å². The van der Waals surface area contributed by atoms with E-state index in [1.807, 2.05) is 7.05 Å². The van der Waals surface area contributed by atoms with E-state index in [1.54, 1.807) is 11.3 Å². The van der Waals surface area contributed by atoms with Crippen LogP contribution in [0.3, 0.4) is 0 Å². The van der Waals surface area contributed by atoms with E-state index in [0.29, 0.717) is 0 Å². The van der Waals surface area contributed by atoms with Gasteiger partial charge in [0.25, 0.3) is 0 Å². The van der Waals surface area contributed by atoms with Crippen molar-refractivity contribution in [2.24, 2.45) is 0 Å². The van der Waals surface area contributed by atoms with Crippen LogP contribution in [0.25, 0.3) is 10.7 Å². The van der Waals surface area contributed by atoms with Gasteiger partial charge in [-0.15, -0.1) is 11.3 Å². The lowest BCUT2D eigenvalue weighted by molar-refractivity contribution is 0.665. The first-order chi connectivity index (χ1) is 8.78. The Morgan fingerprint density at radius 2 is 2.00 bits per heavy atom. The summed E-state index contributed by atoms with van der Waals surface area (Å²) >= 11 is 1.76. The van der Waals surface area contributed by atoms with Crippen molar-refractivity contribution in [2.45, 2.75) is 32.6 Å². The topological polar surface area (TPSA) is 37.8 Å². The van der Waals surface area contributed by atoms with Gasteiger partial charge in [0.1, 0.15) is 5.82 Å². The van der Waals surface area contributed by atoms with Crippen molar-refractivity contribution < 1.29 is 0 Å². The maximum Gasteiger partial charge on any atom is 0.171 e. The van der Waals surface area contributed by atoms with E-state index < -0.39 is 0 Å². The molecule has 2 aromatic rings. The first-order valence-corrected chi connectivity index (χ1v) is 7.24. The highest BCUT2D eigenvalue weighted by molar-refractivity contribution is 7.15. The third-order valence-electron chi connectivity index (χ3n) is 3.38. The molecule has 2 heterocycles. The van der Waals surface area contributed by atoms with E-state index in [2.05, 4.69) is 29.4 Å². The number of rotatable bonds is 2. The minimum Gasteiger partial charge on any atom is -0.373 e. The van der Waals surface area contributed by atoms with Crippen molar-refractivity contribution in [2.75, 3.05) is 12.4 Å². The SMILES string of the molecule is CNc1nc(-c2ccc(C)s2)nc2c1CCCC2. The first kappa shape index (κ1) is 11.7. The molecule has 1 aliphatic rings. The van der Waals surface area contributed by atoms with Crippen LogP contribution in [-0.2, 0) is 12.8 Å². The third kappa shape index (κ3) is 2.01. The fraction of sp³-hybridized carbons (Fsp3) is 0.429. The van der Waals surface area contributed by atoms with Gasteiger partial charge in [0.15, 0.2) is 5.82 Å². The zero-order valence-corrected chi connectivity index (χ0v) is 11.6. The minimum absolute atomic E-state index is 0.873. The Morgan fingerprint density at radius 1 is 1.17 bits per heavy atom. The van der Waals surface area contributed by atoms with E-state index in [0.717, 1.165) is 29.4 Å². The first-order valence-electron chi connectivity index (χ1n) is 6.42. The lowest BCUT2D eigenvalue weighted by atomic mass is 9.96. The molecule has 0 bridgehead atoms. The number of fused-ring (bicyclic) bond motifs is 1. The van der Waals surface area contributed by atoms with Crippen LogP contribution in [0, 0.1) is 6.92 Å². The molecule has 0 saturated heterocycles. The van der Waals surface area contributed by atoms with Crippen LogP contribution in [0.1, 0.15) is 29.0 Å². The second-order valence-electron chi connectivity index (χ2n) is 4.69.